The molecular formula is C14H15N3O3S. The molecule has 0 spiro atoms. The molecular weight excluding hydrogens is 290 g/mol. The second-order valence-electron chi connectivity index (χ2n) is 4.59. The van der Waals surface area contributed by atoms with Gasteiger partial charge in [-0.25, -0.2) is 4.68 Å². The van der Waals surface area contributed by atoms with Crippen LogP contribution in [0.4, 0.5) is 0 Å². The lowest BCUT2D eigenvalue weighted by atomic mass is 10.1. The van der Waals surface area contributed by atoms with Crippen LogP contribution in [0.2, 0.25) is 0 Å². The van der Waals surface area contributed by atoms with Crippen molar-refractivity contribution in [2.75, 3.05) is 13.2 Å². The number of nitrogens with zero attached hydrogens (tertiary/aromatic N) is 2. The number of carbonyl (C=O) groups is 1. The average Bonchev–Trinajstić information content (AvgIpc) is 2.87. The lowest BCUT2D eigenvalue weighted by molar-refractivity contribution is 0.0964. The number of aromatic nitrogens is 2. The zero-order valence-electron chi connectivity index (χ0n) is 11.6. The maximum Gasteiger partial charge on any atom is 0.200 e. The maximum absolute atomic E-state index is 12.3. The second kappa shape index (κ2) is 5.69. The lowest BCUT2D eigenvalue weighted by Crippen LogP contribution is -2.21. The topological polar surface area (TPSA) is 77.2 Å². The van der Waals surface area contributed by atoms with E-state index in [-0.39, 0.29) is 17.1 Å². The Morgan fingerprint density at radius 2 is 2.14 bits per heavy atom. The first-order valence-electron chi connectivity index (χ1n) is 6.71. The predicted molar refractivity (Wildman–Crippen MR) is 77.1 cm³/mol. The zero-order valence-corrected chi connectivity index (χ0v) is 12.4. The highest BCUT2D eigenvalue weighted by molar-refractivity contribution is 7.08. The molecule has 1 aromatic carbocycles. The fraction of sp³-hybridized carbons (Fsp3) is 0.357. The van der Waals surface area contributed by atoms with Crippen LogP contribution in [-0.2, 0) is 13.0 Å². The van der Waals surface area contributed by atoms with Gasteiger partial charge in [-0.05, 0) is 24.6 Å². The van der Waals surface area contributed by atoms with Gasteiger partial charge in [0.2, 0.25) is 4.80 Å². The number of ketones is 1. The third-order valence-corrected chi connectivity index (χ3v) is 4.15. The fourth-order valence-electron chi connectivity index (χ4n) is 2.06. The summed E-state index contributed by atoms with van der Waals surface area (Å²) in [5.74, 6) is 1.16. The molecule has 0 aliphatic carbocycles. The van der Waals surface area contributed by atoms with E-state index in [2.05, 4.69) is 5.10 Å². The second-order valence-corrected chi connectivity index (χ2v) is 5.66. The van der Waals surface area contributed by atoms with E-state index >= 15 is 0 Å². The van der Waals surface area contributed by atoms with Crippen LogP contribution < -0.4 is 14.3 Å². The number of nitrogens with one attached hydrogen (secondary N) is 1. The molecule has 1 aliphatic heterocycles. The van der Waals surface area contributed by atoms with Crippen molar-refractivity contribution >= 4 is 17.1 Å². The van der Waals surface area contributed by atoms with Crippen LogP contribution in [0.15, 0.2) is 18.2 Å². The fourth-order valence-corrected chi connectivity index (χ4v) is 2.78. The molecule has 0 atom stereocenters. The van der Waals surface area contributed by atoms with Crippen molar-refractivity contribution in [3.05, 3.63) is 33.6 Å². The Hall–Kier alpha value is -2.15. The van der Waals surface area contributed by atoms with E-state index in [0.29, 0.717) is 30.3 Å². The van der Waals surface area contributed by atoms with E-state index in [0.717, 1.165) is 11.4 Å². The molecule has 0 radical (unpaired) electrons. The van der Waals surface area contributed by atoms with Gasteiger partial charge in [-0.1, -0.05) is 18.3 Å². The summed E-state index contributed by atoms with van der Waals surface area (Å²) in [5.41, 5.74) is 0.539. The third-order valence-electron chi connectivity index (χ3n) is 3.14. The number of benzene rings is 1. The quantitative estimate of drug-likeness (QED) is 0.871. The van der Waals surface area contributed by atoms with Gasteiger partial charge in [-0.2, -0.15) is 5.10 Å². The van der Waals surface area contributed by atoms with Gasteiger partial charge in [-0.3, -0.25) is 10.2 Å². The molecule has 3 rings (SSSR count). The normalized spacial score (nSPS) is 13.2. The molecule has 7 heteroatoms. The standard InChI is InChI=1S/C14H15N3O3S/c1-2-13-16-17(14(15)21-13)8-10(18)9-3-4-11-12(7-9)20-6-5-19-11/h3-4,7,15H,2,5-6,8H2,1H3. The van der Waals surface area contributed by atoms with Gasteiger partial charge in [0.05, 0.1) is 0 Å². The Morgan fingerprint density at radius 3 is 2.86 bits per heavy atom. The van der Waals surface area contributed by atoms with Gasteiger partial charge in [0.15, 0.2) is 17.3 Å². The Labute approximate surface area is 125 Å². The van der Waals surface area contributed by atoms with E-state index in [1.54, 1.807) is 18.2 Å². The summed E-state index contributed by atoms with van der Waals surface area (Å²) in [4.78, 5) is 12.6. The summed E-state index contributed by atoms with van der Waals surface area (Å²) in [7, 11) is 0. The number of hydrogen-bond donors (Lipinski definition) is 1. The highest BCUT2D eigenvalue weighted by Crippen LogP contribution is 2.30. The largest absolute Gasteiger partial charge is 0.486 e. The SMILES string of the molecule is CCc1nn(CC(=O)c2ccc3c(c2)OCCO3)c(=N)s1. The molecule has 110 valence electrons. The van der Waals surface area contributed by atoms with E-state index in [4.69, 9.17) is 14.9 Å². The summed E-state index contributed by atoms with van der Waals surface area (Å²) in [6, 6.07) is 5.15. The van der Waals surface area contributed by atoms with Gasteiger partial charge in [-0.15, -0.1) is 0 Å². The third kappa shape index (κ3) is 2.82. The molecule has 6 nitrogen and oxygen atoms in total. The van der Waals surface area contributed by atoms with Crippen molar-refractivity contribution in [2.45, 2.75) is 19.9 Å². The van der Waals surface area contributed by atoms with E-state index in [1.807, 2.05) is 6.92 Å². The number of aryl methyl sites for hydroxylation is 1. The number of carbonyl (C=O) groups excluding carboxylic acids is 1. The van der Waals surface area contributed by atoms with Crippen LogP contribution in [0.3, 0.4) is 0 Å². The minimum atomic E-state index is -0.0987. The number of hydrogen-bond acceptors (Lipinski definition) is 6. The molecule has 2 heterocycles. The molecule has 1 aliphatic rings. The number of Topliss-reactive ketones (excluding diaryl/α,β-unsaturated/α-hetero) is 1. The van der Waals surface area contributed by atoms with Gasteiger partial charge < -0.3 is 9.47 Å². The Morgan fingerprint density at radius 1 is 1.38 bits per heavy atom. The summed E-state index contributed by atoms with van der Waals surface area (Å²) >= 11 is 1.30. The molecule has 0 fully saturated rings. The van der Waals surface area contributed by atoms with Crippen LogP contribution in [0.5, 0.6) is 11.5 Å². The van der Waals surface area contributed by atoms with Crippen molar-refractivity contribution in [3.8, 4) is 11.5 Å². The summed E-state index contributed by atoms with van der Waals surface area (Å²) in [5, 5.41) is 12.9. The van der Waals surface area contributed by atoms with Crippen molar-refractivity contribution < 1.29 is 14.3 Å². The zero-order chi connectivity index (χ0) is 14.8. The van der Waals surface area contributed by atoms with Crippen LogP contribution in [-0.4, -0.2) is 28.8 Å². The first kappa shape index (κ1) is 13.8. The smallest absolute Gasteiger partial charge is 0.200 e. The first-order valence-corrected chi connectivity index (χ1v) is 7.53. The number of ether oxygens (including phenoxy) is 2. The molecule has 21 heavy (non-hydrogen) atoms. The highest BCUT2D eigenvalue weighted by Gasteiger charge is 2.16. The van der Waals surface area contributed by atoms with Crippen LogP contribution in [0.1, 0.15) is 22.3 Å². The summed E-state index contributed by atoms with van der Waals surface area (Å²) in [6.07, 6.45) is 0.766. The van der Waals surface area contributed by atoms with Crippen molar-refractivity contribution in [1.82, 2.24) is 9.78 Å². The maximum atomic E-state index is 12.3. The van der Waals surface area contributed by atoms with Crippen molar-refractivity contribution in [2.24, 2.45) is 0 Å². The van der Waals surface area contributed by atoms with Crippen LogP contribution in [0, 0.1) is 5.41 Å². The van der Waals surface area contributed by atoms with E-state index < -0.39 is 0 Å². The Kier molecular flexibility index (Phi) is 3.74. The monoisotopic (exact) mass is 305 g/mol. The molecule has 1 aromatic heterocycles. The van der Waals surface area contributed by atoms with E-state index in [1.165, 1.54) is 16.0 Å². The molecule has 0 saturated heterocycles. The minimum Gasteiger partial charge on any atom is -0.486 e. The average molecular weight is 305 g/mol. The summed E-state index contributed by atoms with van der Waals surface area (Å²) < 4.78 is 12.3. The number of fused-ring (bicyclic) bond motifs is 1. The molecule has 0 saturated carbocycles. The van der Waals surface area contributed by atoms with Crippen LogP contribution >= 0.6 is 11.3 Å². The Balaban J connectivity index is 1.81. The minimum absolute atomic E-state index is 0.0645. The lowest BCUT2D eigenvalue weighted by Gasteiger charge is -2.18. The predicted octanol–water partition coefficient (Wildman–Crippen LogP) is 1.64. The van der Waals surface area contributed by atoms with Crippen LogP contribution in [0.25, 0.3) is 0 Å². The molecule has 0 amide bonds. The molecule has 1 N–H and O–H groups in total. The van der Waals surface area contributed by atoms with Crippen molar-refractivity contribution in [1.29, 1.82) is 5.41 Å². The summed E-state index contributed by atoms with van der Waals surface area (Å²) in [6.45, 7) is 3.05. The van der Waals surface area contributed by atoms with Crippen molar-refractivity contribution in [3.63, 3.8) is 0 Å². The molecule has 2 aromatic rings. The Bertz CT molecular complexity index is 735. The van der Waals surface area contributed by atoms with E-state index in [9.17, 15) is 4.79 Å². The molecule has 0 unspecified atom stereocenters. The number of rotatable bonds is 4. The molecule has 0 bridgehead atoms. The van der Waals surface area contributed by atoms with Gasteiger partial charge in [0, 0.05) is 5.56 Å². The van der Waals surface area contributed by atoms with Gasteiger partial charge in [0.25, 0.3) is 0 Å². The van der Waals surface area contributed by atoms with Gasteiger partial charge >= 0.3 is 0 Å². The van der Waals surface area contributed by atoms with Gasteiger partial charge in [0.1, 0.15) is 24.8 Å². The highest BCUT2D eigenvalue weighted by atomic mass is 32.1. The first-order chi connectivity index (χ1) is 10.2.